The molecule has 0 saturated carbocycles. The molecule has 2 aromatic rings. The monoisotopic (exact) mass is 338 g/mol. The molecule has 0 aliphatic heterocycles. The smallest absolute Gasteiger partial charge is 0.150 e. The Morgan fingerprint density at radius 2 is 1.64 bits per heavy atom. The predicted molar refractivity (Wildman–Crippen MR) is 105 cm³/mol. The summed E-state index contributed by atoms with van der Waals surface area (Å²) in [6, 6.07) is 15.7. The molecular weight excluding hydrogens is 308 g/mol. The maximum atomic E-state index is 11.2. The molecule has 0 bridgehead atoms. The van der Waals surface area contributed by atoms with Gasteiger partial charge in [-0.2, -0.15) is 0 Å². The van der Waals surface area contributed by atoms with Gasteiger partial charge in [-0.15, -0.1) is 0 Å². The van der Waals surface area contributed by atoms with Crippen molar-refractivity contribution in [1.29, 1.82) is 0 Å². The summed E-state index contributed by atoms with van der Waals surface area (Å²) in [5, 5.41) is 0. The van der Waals surface area contributed by atoms with E-state index in [0.717, 1.165) is 42.1 Å². The Labute approximate surface area is 152 Å². The first-order chi connectivity index (χ1) is 12.1. The zero-order valence-electron chi connectivity index (χ0n) is 15.7. The van der Waals surface area contributed by atoms with Crippen LogP contribution >= 0.6 is 0 Å². The van der Waals surface area contributed by atoms with Gasteiger partial charge >= 0.3 is 0 Å². The third kappa shape index (κ3) is 6.38. The van der Waals surface area contributed by atoms with Crippen molar-refractivity contribution in [1.82, 2.24) is 0 Å². The van der Waals surface area contributed by atoms with Crippen LogP contribution in [-0.4, -0.2) is 12.9 Å². The van der Waals surface area contributed by atoms with Gasteiger partial charge in [-0.25, -0.2) is 0 Å². The van der Waals surface area contributed by atoms with Gasteiger partial charge < -0.3 is 4.74 Å². The Balaban J connectivity index is 1.82. The fourth-order valence-electron chi connectivity index (χ4n) is 2.99. The summed E-state index contributed by atoms with van der Waals surface area (Å²) in [5.41, 5.74) is 2.71. The van der Waals surface area contributed by atoms with E-state index in [1.165, 1.54) is 19.3 Å². The van der Waals surface area contributed by atoms with Crippen LogP contribution < -0.4 is 4.74 Å². The van der Waals surface area contributed by atoms with Gasteiger partial charge in [-0.05, 0) is 41.5 Å². The van der Waals surface area contributed by atoms with Crippen LogP contribution in [0.5, 0.6) is 5.75 Å². The van der Waals surface area contributed by atoms with Crippen molar-refractivity contribution in [2.45, 2.75) is 46.5 Å². The molecule has 0 aliphatic rings. The second-order valence-electron chi connectivity index (χ2n) is 7.30. The Morgan fingerprint density at radius 3 is 2.32 bits per heavy atom. The average molecular weight is 338 g/mol. The van der Waals surface area contributed by atoms with Crippen LogP contribution in [0.4, 0.5) is 0 Å². The lowest BCUT2D eigenvalue weighted by atomic mass is 9.98. The predicted octanol–water partition coefficient (Wildman–Crippen LogP) is 6.40. The van der Waals surface area contributed by atoms with Gasteiger partial charge in [0.05, 0.1) is 6.61 Å². The highest BCUT2D eigenvalue weighted by Gasteiger charge is 2.06. The van der Waals surface area contributed by atoms with E-state index in [-0.39, 0.29) is 0 Å². The fourth-order valence-corrected chi connectivity index (χ4v) is 2.99. The van der Waals surface area contributed by atoms with E-state index in [4.69, 9.17) is 4.74 Å². The van der Waals surface area contributed by atoms with Crippen LogP contribution in [0.15, 0.2) is 48.5 Å². The summed E-state index contributed by atoms with van der Waals surface area (Å²) in [5.74, 6) is 2.39. The molecule has 0 spiro atoms. The molecule has 0 saturated heterocycles. The first-order valence-electron chi connectivity index (χ1n) is 9.37. The fraction of sp³-hybridized carbons (Fsp3) is 0.435. The lowest BCUT2D eigenvalue weighted by Crippen LogP contribution is -2.04. The van der Waals surface area contributed by atoms with Crippen LogP contribution in [0.3, 0.4) is 0 Å². The van der Waals surface area contributed by atoms with Crippen LogP contribution in [0, 0.1) is 11.8 Å². The second-order valence-corrected chi connectivity index (χ2v) is 7.30. The SMILES string of the molecule is CC(C)CCCC(C)CCOc1ccc(-c2ccccc2C=O)cc1. The Kier molecular flexibility index (Phi) is 7.72. The van der Waals surface area contributed by atoms with Gasteiger partial charge in [0.15, 0.2) is 6.29 Å². The molecule has 2 aromatic carbocycles. The van der Waals surface area contributed by atoms with Crippen molar-refractivity contribution < 1.29 is 9.53 Å². The third-order valence-corrected chi connectivity index (χ3v) is 4.61. The largest absolute Gasteiger partial charge is 0.494 e. The van der Waals surface area contributed by atoms with E-state index < -0.39 is 0 Å². The second kappa shape index (κ2) is 10.0. The molecule has 0 heterocycles. The van der Waals surface area contributed by atoms with Crippen molar-refractivity contribution in [2.75, 3.05) is 6.61 Å². The zero-order chi connectivity index (χ0) is 18.1. The lowest BCUT2D eigenvalue weighted by molar-refractivity contribution is 0.112. The number of ether oxygens (including phenoxy) is 1. The Bertz CT molecular complexity index is 643. The molecule has 0 aromatic heterocycles. The van der Waals surface area contributed by atoms with E-state index in [1.54, 1.807) is 0 Å². The molecule has 2 rings (SSSR count). The number of benzene rings is 2. The molecule has 2 nitrogen and oxygen atoms in total. The molecule has 0 N–H and O–H groups in total. The summed E-state index contributed by atoms with van der Waals surface area (Å²) in [4.78, 5) is 11.2. The number of aldehydes is 1. The van der Waals surface area contributed by atoms with Crippen molar-refractivity contribution in [3.8, 4) is 16.9 Å². The molecule has 0 fully saturated rings. The van der Waals surface area contributed by atoms with Crippen molar-refractivity contribution in [2.24, 2.45) is 11.8 Å². The van der Waals surface area contributed by atoms with Crippen molar-refractivity contribution in [3.63, 3.8) is 0 Å². The maximum absolute atomic E-state index is 11.2. The maximum Gasteiger partial charge on any atom is 0.150 e. The molecule has 0 aliphatic carbocycles. The lowest BCUT2D eigenvalue weighted by Gasteiger charge is -2.13. The molecule has 1 atom stereocenters. The van der Waals surface area contributed by atoms with E-state index in [1.807, 2.05) is 48.5 Å². The molecule has 134 valence electrons. The molecular formula is C23H30O2. The Hall–Kier alpha value is -2.09. The number of carbonyl (C=O) groups is 1. The zero-order valence-corrected chi connectivity index (χ0v) is 15.7. The van der Waals surface area contributed by atoms with Crippen LogP contribution in [-0.2, 0) is 0 Å². The number of hydrogen-bond donors (Lipinski definition) is 0. The molecule has 25 heavy (non-hydrogen) atoms. The normalized spacial score (nSPS) is 12.2. The standard InChI is InChI=1S/C23H30O2/c1-18(2)7-6-8-19(3)15-16-25-22-13-11-20(12-14-22)23-10-5-4-9-21(23)17-24/h4-5,9-14,17-19H,6-8,15-16H2,1-3H3. The molecule has 2 heteroatoms. The summed E-state index contributed by atoms with van der Waals surface area (Å²) in [6.45, 7) is 7.63. The van der Waals surface area contributed by atoms with E-state index in [0.29, 0.717) is 11.5 Å². The number of hydrogen-bond acceptors (Lipinski definition) is 2. The summed E-state index contributed by atoms with van der Waals surface area (Å²) in [6.07, 6.45) is 5.90. The quantitative estimate of drug-likeness (QED) is 0.469. The first kappa shape index (κ1) is 19.2. The minimum atomic E-state index is 0.706. The summed E-state index contributed by atoms with van der Waals surface area (Å²) in [7, 11) is 0. The highest BCUT2D eigenvalue weighted by molar-refractivity contribution is 5.87. The minimum Gasteiger partial charge on any atom is -0.494 e. The number of rotatable bonds is 10. The van der Waals surface area contributed by atoms with Gasteiger partial charge in [-0.1, -0.05) is 76.4 Å². The minimum absolute atomic E-state index is 0.706. The number of carbonyl (C=O) groups excluding carboxylic acids is 1. The van der Waals surface area contributed by atoms with Gasteiger partial charge in [-0.3, -0.25) is 4.79 Å². The van der Waals surface area contributed by atoms with Gasteiger partial charge in [0.2, 0.25) is 0 Å². The van der Waals surface area contributed by atoms with Crippen LogP contribution in [0.1, 0.15) is 56.8 Å². The average Bonchev–Trinajstić information content (AvgIpc) is 2.62. The van der Waals surface area contributed by atoms with E-state index in [2.05, 4.69) is 20.8 Å². The summed E-state index contributed by atoms with van der Waals surface area (Å²) >= 11 is 0. The van der Waals surface area contributed by atoms with Crippen molar-refractivity contribution in [3.05, 3.63) is 54.1 Å². The highest BCUT2D eigenvalue weighted by atomic mass is 16.5. The summed E-state index contributed by atoms with van der Waals surface area (Å²) < 4.78 is 5.88. The topological polar surface area (TPSA) is 26.3 Å². The molecule has 1 unspecified atom stereocenters. The van der Waals surface area contributed by atoms with Gasteiger partial charge in [0.25, 0.3) is 0 Å². The van der Waals surface area contributed by atoms with Gasteiger partial charge in [0, 0.05) is 5.56 Å². The first-order valence-corrected chi connectivity index (χ1v) is 9.37. The Morgan fingerprint density at radius 1 is 0.920 bits per heavy atom. The van der Waals surface area contributed by atoms with E-state index in [9.17, 15) is 4.79 Å². The van der Waals surface area contributed by atoms with E-state index >= 15 is 0 Å². The van der Waals surface area contributed by atoms with Crippen LogP contribution in [0.2, 0.25) is 0 Å². The third-order valence-electron chi connectivity index (χ3n) is 4.61. The van der Waals surface area contributed by atoms with Gasteiger partial charge in [0.1, 0.15) is 5.75 Å². The molecule has 0 radical (unpaired) electrons. The highest BCUT2D eigenvalue weighted by Crippen LogP contribution is 2.25. The molecule has 0 amide bonds. The van der Waals surface area contributed by atoms with Crippen molar-refractivity contribution >= 4 is 6.29 Å². The van der Waals surface area contributed by atoms with Crippen LogP contribution in [0.25, 0.3) is 11.1 Å².